The van der Waals surface area contributed by atoms with Gasteiger partial charge in [0.05, 0.1) is 5.02 Å². The Hall–Kier alpha value is -1.72. The van der Waals surface area contributed by atoms with Gasteiger partial charge in [-0.1, -0.05) is 17.7 Å². The molecule has 1 fully saturated rings. The van der Waals surface area contributed by atoms with Crippen LogP contribution in [0.2, 0.25) is 5.02 Å². The fourth-order valence-electron chi connectivity index (χ4n) is 3.04. The molecule has 3 unspecified atom stereocenters. The Morgan fingerprint density at radius 1 is 1.26 bits per heavy atom. The lowest BCUT2D eigenvalue weighted by Crippen LogP contribution is -2.29. The van der Waals surface area contributed by atoms with E-state index >= 15 is 0 Å². The van der Waals surface area contributed by atoms with Crippen LogP contribution in [0.15, 0.2) is 36.5 Å². The molecule has 1 aromatic heterocycles. The van der Waals surface area contributed by atoms with Crippen molar-refractivity contribution in [3.05, 3.63) is 58.7 Å². The molecule has 1 aliphatic heterocycles. The maximum absolute atomic E-state index is 14.1. The summed E-state index contributed by atoms with van der Waals surface area (Å²) in [6.07, 6.45) is 1.35. The predicted molar refractivity (Wildman–Crippen MR) is 84.8 cm³/mol. The molecule has 1 aromatic carbocycles. The van der Waals surface area contributed by atoms with Gasteiger partial charge in [0.2, 0.25) is 5.88 Å². The van der Waals surface area contributed by atoms with E-state index in [4.69, 9.17) is 16.3 Å². The number of halogens is 3. The summed E-state index contributed by atoms with van der Waals surface area (Å²) in [5.74, 6) is -0.610. The maximum atomic E-state index is 14.1. The highest BCUT2D eigenvalue weighted by Gasteiger charge is 2.35. The Morgan fingerprint density at radius 2 is 2.09 bits per heavy atom. The van der Waals surface area contributed by atoms with Crippen LogP contribution in [-0.2, 0) is 0 Å². The third-order valence-electron chi connectivity index (χ3n) is 4.23. The van der Waals surface area contributed by atoms with Gasteiger partial charge in [-0.3, -0.25) is 0 Å². The molecule has 2 heterocycles. The molecular formula is C17H17ClF2N2O. The number of rotatable bonds is 4. The van der Waals surface area contributed by atoms with Crippen molar-refractivity contribution in [2.24, 2.45) is 5.92 Å². The van der Waals surface area contributed by atoms with E-state index in [0.29, 0.717) is 29.6 Å². The van der Waals surface area contributed by atoms with E-state index in [-0.39, 0.29) is 17.9 Å². The molecule has 0 spiro atoms. The summed E-state index contributed by atoms with van der Waals surface area (Å²) in [5.41, 5.74) is 0.515. The van der Waals surface area contributed by atoms with Crippen molar-refractivity contribution in [1.82, 2.24) is 10.3 Å². The topological polar surface area (TPSA) is 34.1 Å². The number of ether oxygens (including phenoxy) is 1. The first-order valence-electron chi connectivity index (χ1n) is 7.48. The molecule has 122 valence electrons. The maximum Gasteiger partial charge on any atom is 0.213 e. The van der Waals surface area contributed by atoms with Gasteiger partial charge in [-0.25, -0.2) is 13.8 Å². The lowest BCUT2D eigenvalue weighted by atomic mass is 9.85. The number of pyridine rings is 1. The van der Waals surface area contributed by atoms with Gasteiger partial charge in [-0.15, -0.1) is 0 Å². The van der Waals surface area contributed by atoms with Gasteiger partial charge >= 0.3 is 0 Å². The van der Waals surface area contributed by atoms with Crippen molar-refractivity contribution in [1.29, 1.82) is 0 Å². The zero-order chi connectivity index (χ0) is 16.4. The van der Waals surface area contributed by atoms with Gasteiger partial charge in [-0.05, 0) is 24.6 Å². The molecule has 0 amide bonds. The highest BCUT2D eigenvalue weighted by molar-refractivity contribution is 6.30. The van der Waals surface area contributed by atoms with E-state index in [2.05, 4.69) is 10.3 Å². The minimum atomic E-state index is -0.566. The van der Waals surface area contributed by atoms with Gasteiger partial charge < -0.3 is 10.1 Å². The van der Waals surface area contributed by atoms with E-state index in [1.807, 2.05) is 6.92 Å². The molecule has 0 radical (unpaired) electrons. The van der Waals surface area contributed by atoms with Crippen molar-refractivity contribution in [2.75, 3.05) is 13.1 Å². The first-order chi connectivity index (χ1) is 11.0. The first-order valence-corrected chi connectivity index (χ1v) is 7.86. The summed E-state index contributed by atoms with van der Waals surface area (Å²) in [6.45, 7) is 3.27. The van der Waals surface area contributed by atoms with E-state index in [9.17, 15) is 8.78 Å². The standard InChI is InChI=1S/C17H17ClF2N2O/c1-10(23-17-5-2-11(18)7-22-17)14-8-21-9-15(14)13-4-3-12(19)6-16(13)20/h2-7,10,14-15,21H,8-9H2,1H3. The highest BCUT2D eigenvalue weighted by atomic mass is 35.5. The molecule has 1 aliphatic rings. The summed E-state index contributed by atoms with van der Waals surface area (Å²) in [6, 6.07) is 7.15. The van der Waals surface area contributed by atoms with Gasteiger partial charge in [0.25, 0.3) is 0 Å². The molecule has 23 heavy (non-hydrogen) atoms. The Labute approximate surface area is 138 Å². The largest absolute Gasteiger partial charge is 0.474 e. The van der Waals surface area contributed by atoms with Crippen LogP contribution in [0.25, 0.3) is 0 Å². The lowest BCUT2D eigenvalue weighted by Gasteiger charge is -2.26. The number of hydrogen-bond acceptors (Lipinski definition) is 3. The Morgan fingerprint density at radius 3 is 2.78 bits per heavy atom. The van der Waals surface area contributed by atoms with E-state index < -0.39 is 11.6 Å². The molecule has 0 aliphatic carbocycles. The molecule has 3 nitrogen and oxygen atoms in total. The van der Waals surface area contributed by atoms with Crippen LogP contribution in [0.3, 0.4) is 0 Å². The minimum Gasteiger partial charge on any atom is -0.474 e. The fraction of sp³-hybridized carbons (Fsp3) is 0.353. The van der Waals surface area contributed by atoms with Crippen molar-refractivity contribution in [2.45, 2.75) is 18.9 Å². The highest BCUT2D eigenvalue weighted by Crippen LogP contribution is 2.33. The Bertz CT molecular complexity index is 681. The number of nitrogens with zero attached hydrogens (tertiary/aromatic N) is 1. The van der Waals surface area contributed by atoms with E-state index in [0.717, 1.165) is 6.07 Å². The molecule has 0 bridgehead atoms. The summed E-state index contributed by atoms with van der Waals surface area (Å²) in [5, 5.41) is 3.80. The lowest BCUT2D eigenvalue weighted by molar-refractivity contribution is 0.144. The average molecular weight is 339 g/mol. The number of hydrogen-bond donors (Lipinski definition) is 1. The molecular weight excluding hydrogens is 322 g/mol. The summed E-state index contributed by atoms with van der Waals surface area (Å²) >= 11 is 5.81. The van der Waals surface area contributed by atoms with Gasteiger partial charge in [0.1, 0.15) is 17.7 Å². The van der Waals surface area contributed by atoms with Crippen LogP contribution < -0.4 is 10.1 Å². The van der Waals surface area contributed by atoms with Crippen molar-refractivity contribution >= 4 is 11.6 Å². The SMILES string of the molecule is CC(Oc1ccc(Cl)cn1)C1CNCC1c1ccc(F)cc1F. The first kappa shape index (κ1) is 16.1. The van der Waals surface area contributed by atoms with E-state index in [1.165, 1.54) is 18.3 Å². The molecule has 6 heteroatoms. The molecule has 3 atom stereocenters. The second kappa shape index (κ2) is 6.81. The fourth-order valence-corrected chi connectivity index (χ4v) is 3.16. The zero-order valence-corrected chi connectivity index (χ0v) is 13.4. The van der Waals surface area contributed by atoms with E-state index in [1.54, 1.807) is 12.1 Å². The third-order valence-corrected chi connectivity index (χ3v) is 4.46. The Balaban J connectivity index is 1.76. The van der Waals surface area contributed by atoms with Crippen LogP contribution in [-0.4, -0.2) is 24.2 Å². The zero-order valence-electron chi connectivity index (χ0n) is 12.6. The minimum absolute atomic E-state index is 0.0624. The van der Waals surface area contributed by atoms with Crippen molar-refractivity contribution < 1.29 is 13.5 Å². The quantitative estimate of drug-likeness (QED) is 0.921. The molecule has 1 N–H and O–H groups in total. The summed E-state index contributed by atoms with van der Waals surface area (Å²) in [7, 11) is 0. The van der Waals surface area contributed by atoms with Crippen LogP contribution in [0.1, 0.15) is 18.4 Å². The molecule has 2 aromatic rings. The van der Waals surface area contributed by atoms with Crippen LogP contribution in [0.5, 0.6) is 5.88 Å². The number of aromatic nitrogens is 1. The van der Waals surface area contributed by atoms with Crippen LogP contribution in [0, 0.1) is 17.6 Å². The smallest absolute Gasteiger partial charge is 0.213 e. The molecule has 0 saturated carbocycles. The monoisotopic (exact) mass is 338 g/mol. The van der Waals surface area contributed by atoms with Crippen LogP contribution in [0.4, 0.5) is 8.78 Å². The second-order valence-corrected chi connectivity index (χ2v) is 6.17. The van der Waals surface area contributed by atoms with Crippen molar-refractivity contribution in [3.63, 3.8) is 0 Å². The second-order valence-electron chi connectivity index (χ2n) is 5.73. The molecule has 3 rings (SSSR count). The Kier molecular flexibility index (Phi) is 4.78. The summed E-state index contributed by atoms with van der Waals surface area (Å²) in [4.78, 5) is 4.12. The van der Waals surface area contributed by atoms with Crippen LogP contribution >= 0.6 is 11.6 Å². The number of benzene rings is 1. The van der Waals surface area contributed by atoms with Gasteiger partial charge in [0.15, 0.2) is 0 Å². The summed E-state index contributed by atoms with van der Waals surface area (Å²) < 4.78 is 33.0. The third kappa shape index (κ3) is 3.62. The average Bonchev–Trinajstić information content (AvgIpc) is 2.99. The molecule has 1 saturated heterocycles. The normalized spacial score (nSPS) is 22.1. The van der Waals surface area contributed by atoms with Gasteiger partial charge in [0, 0.05) is 43.3 Å². The van der Waals surface area contributed by atoms with Crippen molar-refractivity contribution in [3.8, 4) is 5.88 Å². The predicted octanol–water partition coefficient (Wildman–Crippen LogP) is 3.78. The number of nitrogens with one attached hydrogen (secondary N) is 1. The van der Waals surface area contributed by atoms with Gasteiger partial charge in [-0.2, -0.15) is 0 Å².